The quantitative estimate of drug-likeness (QED) is 0.412. The van der Waals surface area contributed by atoms with E-state index in [0.717, 1.165) is 28.3 Å². The molecule has 7 heteroatoms. The van der Waals surface area contributed by atoms with Crippen LogP contribution in [0.2, 0.25) is 5.02 Å². The minimum atomic E-state index is 0.398. The van der Waals surface area contributed by atoms with Crippen LogP contribution in [0.3, 0.4) is 0 Å². The summed E-state index contributed by atoms with van der Waals surface area (Å²) >= 11 is 7.51. The molecule has 136 valence electrons. The number of nitriles is 1. The van der Waals surface area contributed by atoms with Crippen LogP contribution in [0.1, 0.15) is 11.1 Å². The Morgan fingerprint density at radius 1 is 1.26 bits per heavy atom. The number of aliphatic imine (C=N–C) groups is 1. The summed E-state index contributed by atoms with van der Waals surface area (Å²) in [6, 6.07) is 15.3. The minimum Gasteiger partial charge on any atom is -0.442 e. The predicted octanol–water partition coefficient (Wildman–Crippen LogP) is 5.66. The molecule has 0 saturated heterocycles. The SMILES string of the molecule is Cc1cc(Oc2snc(-c3ccccc3)c2C#N)c(Cl)cc1N=CN(C)C. The van der Waals surface area contributed by atoms with Crippen molar-refractivity contribution < 1.29 is 4.74 Å². The highest BCUT2D eigenvalue weighted by Gasteiger charge is 2.18. The Kier molecular flexibility index (Phi) is 5.75. The Morgan fingerprint density at radius 3 is 2.67 bits per heavy atom. The summed E-state index contributed by atoms with van der Waals surface area (Å²) in [5, 5.41) is 10.4. The van der Waals surface area contributed by atoms with E-state index in [1.165, 1.54) is 0 Å². The summed E-state index contributed by atoms with van der Waals surface area (Å²) in [6.07, 6.45) is 1.71. The molecule has 2 aromatic carbocycles. The molecular weight excluding hydrogens is 380 g/mol. The third kappa shape index (κ3) is 4.27. The molecule has 0 saturated carbocycles. The summed E-state index contributed by atoms with van der Waals surface area (Å²) in [6.45, 7) is 1.93. The first kappa shape index (κ1) is 18.9. The summed E-state index contributed by atoms with van der Waals surface area (Å²) in [4.78, 5) is 6.24. The number of halogens is 1. The summed E-state index contributed by atoms with van der Waals surface area (Å²) in [5.74, 6) is 0.470. The zero-order valence-corrected chi connectivity index (χ0v) is 16.7. The fourth-order valence-corrected chi connectivity index (χ4v) is 3.30. The molecule has 3 aromatic rings. The van der Waals surface area contributed by atoms with E-state index >= 15 is 0 Å². The van der Waals surface area contributed by atoms with E-state index < -0.39 is 0 Å². The van der Waals surface area contributed by atoms with Crippen LogP contribution in [0.25, 0.3) is 11.3 Å². The van der Waals surface area contributed by atoms with E-state index in [1.54, 1.807) is 12.4 Å². The van der Waals surface area contributed by atoms with Gasteiger partial charge in [0.2, 0.25) is 5.06 Å². The van der Waals surface area contributed by atoms with Gasteiger partial charge in [-0.3, -0.25) is 0 Å². The minimum absolute atomic E-state index is 0.398. The molecule has 0 radical (unpaired) electrons. The van der Waals surface area contributed by atoms with Crippen molar-refractivity contribution in [2.24, 2.45) is 4.99 Å². The highest BCUT2D eigenvalue weighted by molar-refractivity contribution is 7.08. The Labute approximate surface area is 167 Å². The number of hydrogen-bond acceptors (Lipinski definition) is 5. The van der Waals surface area contributed by atoms with Gasteiger partial charge in [-0.15, -0.1) is 0 Å². The van der Waals surface area contributed by atoms with Crippen molar-refractivity contribution >= 4 is 35.2 Å². The van der Waals surface area contributed by atoms with Gasteiger partial charge in [-0.2, -0.15) is 9.64 Å². The molecule has 0 unspecified atom stereocenters. The largest absolute Gasteiger partial charge is 0.442 e. The Hall–Kier alpha value is -2.88. The van der Waals surface area contributed by atoms with Crippen molar-refractivity contribution in [1.29, 1.82) is 5.26 Å². The monoisotopic (exact) mass is 396 g/mol. The van der Waals surface area contributed by atoms with Crippen LogP contribution < -0.4 is 4.74 Å². The summed E-state index contributed by atoms with van der Waals surface area (Å²) in [5.41, 5.74) is 3.55. The molecule has 0 aliphatic carbocycles. The first-order chi connectivity index (χ1) is 13.0. The van der Waals surface area contributed by atoms with Crippen LogP contribution in [0.15, 0.2) is 47.5 Å². The summed E-state index contributed by atoms with van der Waals surface area (Å²) in [7, 11) is 3.80. The van der Waals surface area contributed by atoms with Crippen molar-refractivity contribution in [1.82, 2.24) is 9.27 Å². The predicted molar refractivity (Wildman–Crippen MR) is 110 cm³/mol. The topological polar surface area (TPSA) is 61.5 Å². The number of ether oxygens (including phenoxy) is 1. The van der Waals surface area contributed by atoms with Crippen LogP contribution in [-0.2, 0) is 0 Å². The molecule has 1 aromatic heterocycles. The molecular formula is C20H17ClN4OS. The van der Waals surface area contributed by atoms with Gasteiger partial charge in [0.25, 0.3) is 0 Å². The molecule has 0 N–H and O–H groups in total. The van der Waals surface area contributed by atoms with Crippen LogP contribution >= 0.6 is 23.1 Å². The lowest BCUT2D eigenvalue weighted by Crippen LogP contribution is -2.07. The van der Waals surface area contributed by atoms with Gasteiger partial charge in [-0.25, -0.2) is 4.99 Å². The number of benzene rings is 2. The maximum absolute atomic E-state index is 9.60. The second-order valence-electron chi connectivity index (χ2n) is 6.05. The fraction of sp³-hybridized carbons (Fsp3) is 0.150. The van der Waals surface area contributed by atoms with Crippen LogP contribution in [0, 0.1) is 18.3 Å². The van der Waals surface area contributed by atoms with Crippen molar-refractivity contribution in [2.45, 2.75) is 6.92 Å². The van der Waals surface area contributed by atoms with Crippen LogP contribution in [-0.4, -0.2) is 29.7 Å². The first-order valence-corrected chi connectivity index (χ1v) is 9.28. The smallest absolute Gasteiger partial charge is 0.218 e. The fourth-order valence-electron chi connectivity index (χ4n) is 2.38. The summed E-state index contributed by atoms with van der Waals surface area (Å²) < 4.78 is 10.3. The van der Waals surface area contributed by atoms with Gasteiger partial charge in [-0.1, -0.05) is 41.9 Å². The van der Waals surface area contributed by atoms with Gasteiger partial charge >= 0.3 is 0 Å². The average molecular weight is 397 g/mol. The molecule has 0 fully saturated rings. The lowest BCUT2D eigenvalue weighted by Gasteiger charge is -2.10. The number of hydrogen-bond donors (Lipinski definition) is 0. The van der Waals surface area contributed by atoms with Gasteiger partial charge < -0.3 is 9.64 Å². The zero-order valence-electron chi connectivity index (χ0n) is 15.1. The molecule has 0 atom stereocenters. The standard InChI is InChI=1S/C20H17ClN4OS/c1-13-9-18(16(21)10-17(13)23-12-25(2)3)26-20-15(11-22)19(24-27-20)14-7-5-4-6-8-14/h4-10,12H,1-3H3. The maximum Gasteiger partial charge on any atom is 0.218 e. The Bertz CT molecular complexity index is 1020. The highest BCUT2D eigenvalue weighted by atomic mass is 35.5. The van der Waals surface area contributed by atoms with Crippen molar-refractivity contribution in [3.05, 3.63) is 58.6 Å². The van der Waals surface area contributed by atoms with E-state index in [1.807, 2.05) is 62.3 Å². The lowest BCUT2D eigenvalue weighted by atomic mass is 10.1. The number of nitrogens with zero attached hydrogens (tertiary/aromatic N) is 4. The molecule has 0 aliphatic rings. The van der Waals surface area contributed by atoms with Gasteiger partial charge in [0.1, 0.15) is 23.1 Å². The molecule has 27 heavy (non-hydrogen) atoms. The number of aromatic nitrogens is 1. The Balaban J connectivity index is 1.94. The third-order valence-corrected chi connectivity index (χ3v) is 4.72. The molecule has 3 rings (SSSR count). The van der Waals surface area contributed by atoms with Gasteiger partial charge in [0.15, 0.2) is 0 Å². The molecule has 1 heterocycles. The highest BCUT2D eigenvalue weighted by Crippen LogP contribution is 2.40. The van der Waals surface area contributed by atoms with E-state index in [-0.39, 0.29) is 0 Å². The van der Waals surface area contributed by atoms with E-state index in [2.05, 4.69) is 15.4 Å². The van der Waals surface area contributed by atoms with Crippen molar-refractivity contribution in [3.8, 4) is 28.1 Å². The number of rotatable bonds is 5. The van der Waals surface area contributed by atoms with E-state index in [4.69, 9.17) is 16.3 Å². The van der Waals surface area contributed by atoms with Crippen molar-refractivity contribution in [2.75, 3.05) is 14.1 Å². The van der Waals surface area contributed by atoms with Gasteiger partial charge in [0.05, 0.1) is 17.0 Å². The molecule has 0 amide bonds. The normalized spacial score (nSPS) is 10.8. The molecule has 0 bridgehead atoms. The van der Waals surface area contributed by atoms with E-state index in [9.17, 15) is 5.26 Å². The second kappa shape index (κ2) is 8.21. The maximum atomic E-state index is 9.60. The second-order valence-corrected chi connectivity index (χ2v) is 7.19. The average Bonchev–Trinajstić information content (AvgIpc) is 3.06. The Morgan fingerprint density at radius 2 is 2.00 bits per heavy atom. The zero-order chi connectivity index (χ0) is 19.4. The van der Waals surface area contributed by atoms with Crippen LogP contribution in [0.4, 0.5) is 5.69 Å². The first-order valence-electron chi connectivity index (χ1n) is 8.13. The molecule has 0 spiro atoms. The van der Waals surface area contributed by atoms with Crippen molar-refractivity contribution in [3.63, 3.8) is 0 Å². The molecule has 5 nitrogen and oxygen atoms in total. The molecule has 0 aliphatic heterocycles. The number of aryl methyl sites for hydroxylation is 1. The van der Waals surface area contributed by atoms with E-state index in [0.29, 0.717) is 27.1 Å². The van der Waals surface area contributed by atoms with Gasteiger partial charge in [0, 0.05) is 31.2 Å². The lowest BCUT2D eigenvalue weighted by molar-refractivity contribution is 0.495. The van der Waals surface area contributed by atoms with Crippen LogP contribution in [0.5, 0.6) is 10.8 Å². The third-order valence-electron chi connectivity index (χ3n) is 3.70. The van der Waals surface area contributed by atoms with Gasteiger partial charge in [-0.05, 0) is 24.6 Å².